The lowest BCUT2D eigenvalue weighted by Crippen LogP contribution is -2.38. The fourth-order valence-corrected chi connectivity index (χ4v) is 3.22. The van der Waals surface area contributed by atoms with Gasteiger partial charge in [0.1, 0.15) is 11.6 Å². The molecule has 0 atom stereocenters. The van der Waals surface area contributed by atoms with Crippen LogP contribution in [0.3, 0.4) is 0 Å². The van der Waals surface area contributed by atoms with Crippen LogP contribution in [0, 0.1) is 5.82 Å². The van der Waals surface area contributed by atoms with Gasteiger partial charge in [0.15, 0.2) is 0 Å². The van der Waals surface area contributed by atoms with Gasteiger partial charge in [0, 0.05) is 31.4 Å². The highest BCUT2D eigenvalue weighted by atomic mass is 19.1. The van der Waals surface area contributed by atoms with Gasteiger partial charge in [0.2, 0.25) is 0 Å². The number of halogens is 1. The highest BCUT2D eigenvalue weighted by molar-refractivity contribution is 5.93. The van der Waals surface area contributed by atoms with E-state index in [0.717, 1.165) is 29.7 Å². The molecule has 1 aliphatic rings. The molecule has 1 fully saturated rings. The molecule has 3 aromatic rings. The molecule has 0 bridgehead atoms. The zero-order valence-corrected chi connectivity index (χ0v) is 13.1. The van der Waals surface area contributed by atoms with E-state index in [2.05, 4.69) is 15.0 Å². The fourth-order valence-electron chi connectivity index (χ4n) is 3.22. The molecule has 4 rings (SSSR count). The summed E-state index contributed by atoms with van der Waals surface area (Å²) in [5.74, 6) is 0.894. The van der Waals surface area contributed by atoms with Crippen molar-refractivity contribution in [2.75, 3.05) is 13.1 Å². The third-order valence-corrected chi connectivity index (χ3v) is 4.54. The van der Waals surface area contributed by atoms with Crippen LogP contribution in [0.5, 0.6) is 0 Å². The van der Waals surface area contributed by atoms with E-state index in [-0.39, 0.29) is 17.6 Å². The molecule has 0 spiro atoms. The lowest BCUT2D eigenvalue weighted by molar-refractivity contribution is 0.0711. The molecule has 0 aliphatic carbocycles. The number of piperidine rings is 1. The van der Waals surface area contributed by atoms with Gasteiger partial charge in [0.05, 0.1) is 16.6 Å². The standard InChI is InChI=1S/C18H17FN4O/c19-14-3-4-15-16(10-14)22-17(21-15)12-5-8-23(9-6-12)18(24)13-2-1-7-20-11-13/h1-4,7,10-12H,5-6,8-9H2,(H,21,22). The average Bonchev–Trinajstić information content (AvgIpc) is 3.05. The summed E-state index contributed by atoms with van der Waals surface area (Å²) in [6.07, 6.45) is 4.94. The summed E-state index contributed by atoms with van der Waals surface area (Å²) in [7, 11) is 0. The molecule has 1 aromatic carbocycles. The SMILES string of the molecule is O=C(c1cccnc1)N1CCC(c2nc3ccc(F)cc3[nH]2)CC1. The summed E-state index contributed by atoms with van der Waals surface area (Å²) in [5.41, 5.74) is 2.12. The van der Waals surface area contributed by atoms with Crippen LogP contribution in [0.15, 0.2) is 42.7 Å². The molecular weight excluding hydrogens is 307 g/mol. The molecule has 1 amide bonds. The molecule has 1 N–H and O–H groups in total. The first-order valence-electron chi connectivity index (χ1n) is 8.05. The van der Waals surface area contributed by atoms with E-state index in [9.17, 15) is 9.18 Å². The van der Waals surface area contributed by atoms with Crippen LogP contribution in [0.2, 0.25) is 0 Å². The largest absolute Gasteiger partial charge is 0.342 e. The molecule has 0 saturated carbocycles. The normalized spacial score (nSPS) is 15.8. The number of benzene rings is 1. The molecule has 2 aromatic heterocycles. The number of nitrogens with one attached hydrogen (secondary N) is 1. The van der Waals surface area contributed by atoms with Crippen molar-refractivity contribution in [3.63, 3.8) is 0 Å². The summed E-state index contributed by atoms with van der Waals surface area (Å²) < 4.78 is 13.3. The van der Waals surface area contributed by atoms with Gasteiger partial charge in [-0.3, -0.25) is 9.78 Å². The number of rotatable bonds is 2. The minimum atomic E-state index is -0.269. The number of aromatic nitrogens is 3. The molecule has 3 heterocycles. The van der Waals surface area contributed by atoms with Gasteiger partial charge in [-0.1, -0.05) is 0 Å². The second-order valence-electron chi connectivity index (χ2n) is 6.09. The number of aromatic amines is 1. The van der Waals surface area contributed by atoms with Crippen LogP contribution in [0.25, 0.3) is 11.0 Å². The number of nitrogens with zero attached hydrogens (tertiary/aromatic N) is 3. The van der Waals surface area contributed by atoms with E-state index < -0.39 is 0 Å². The van der Waals surface area contributed by atoms with E-state index in [1.54, 1.807) is 30.6 Å². The summed E-state index contributed by atoms with van der Waals surface area (Å²) in [4.78, 5) is 26.1. The van der Waals surface area contributed by atoms with Gasteiger partial charge >= 0.3 is 0 Å². The third-order valence-electron chi connectivity index (χ3n) is 4.54. The lowest BCUT2D eigenvalue weighted by Gasteiger charge is -2.31. The number of hydrogen-bond acceptors (Lipinski definition) is 3. The number of fused-ring (bicyclic) bond motifs is 1. The van der Waals surface area contributed by atoms with Crippen LogP contribution in [0.1, 0.15) is 34.9 Å². The predicted molar refractivity (Wildman–Crippen MR) is 88.2 cm³/mol. The quantitative estimate of drug-likeness (QED) is 0.788. The van der Waals surface area contributed by atoms with Gasteiger partial charge < -0.3 is 9.88 Å². The van der Waals surface area contributed by atoms with Crippen LogP contribution in [-0.4, -0.2) is 38.8 Å². The summed E-state index contributed by atoms with van der Waals surface area (Å²) in [5, 5.41) is 0. The molecular formula is C18H17FN4O. The first-order chi connectivity index (χ1) is 11.7. The van der Waals surface area contributed by atoms with Crippen molar-refractivity contribution in [3.8, 4) is 0 Å². The Balaban J connectivity index is 1.46. The number of imidazole rings is 1. The average molecular weight is 324 g/mol. The van der Waals surface area contributed by atoms with Gasteiger partial charge in [-0.2, -0.15) is 0 Å². The number of H-pyrrole nitrogens is 1. The van der Waals surface area contributed by atoms with Gasteiger partial charge in [-0.05, 0) is 43.2 Å². The highest BCUT2D eigenvalue weighted by Crippen LogP contribution is 2.28. The minimum Gasteiger partial charge on any atom is -0.342 e. The molecule has 5 nitrogen and oxygen atoms in total. The van der Waals surface area contributed by atoms with Gasteiger partial charge in [0.25, 0.3) is 5.91 Å². The Morgan fingerprint density at radius 2 is 2.08 bits per heavy atom. The topological polar surface area (TPSA) is 61.9 Å². The maximum atomic E-state index is 13.3. The maximum absolute atomic E-state index is 13.3. The Labute approximate surface area is 138 Å². The molecule has 122 valence electrons. The fraction of sp³-hybridized carbons (Fsp3) is 0.278. The lowest BCUT2D eigenvalue weighted by atomic mass is 9.96. The molecule has 1 aliphatic heterocycles. The molecule has 1 saturated heterocycles. The zero-order valence-electron chi connectivity index (χ0n) is 13.1. The van der Waals surface area contributed by atoms with Crippen LogP contribution < -0.4 is 0 Å². The summed E-state index contributed by atoms with van der Waals surface area (Å²) in [6.45, 7) is 1.37. The predicted octanol–water partition coefficient (Wildman–Crippen LogP) is 3.12. The Morgan fingerprint density at radius 3 is 2.83 bits per heavy atom. The number of amides is 1. The van der Waals surface area contributed by atoms with Crippen molar-refractivity contribution < 1.29 is 9.18 Å². The van der Waals surface area contributed by atoms with E-state index >= 15 is 0 Å². The minimum absolute atomic E-state index is 0.0215. The van der Waals surface area contributed by atoms with Gasteiger partial charge in [-0.15, -0.1) is 0 Å². The molecule has 0 unspecified atom stereocenters. The molecule has 6 heteroatoms. The Kier molecular flexibility index (Phi) is 3.72. The zero-order chi connectivity index (χ0) is 16.5. The van der Waals surface area contributed by atoms with Crippen molar-refractivity contribution in [1.82, 2.24) is 19.9 Å². The number of likely N-dealkylation sites (tertiary alicyclic amines) is 1. The Hall–Kier alpha value is -2.76. The maximum Gasteiger partial charge on any atom is 0.255 e. The number of carbonyl (C=O) groups is 1. The number of hydrogen-bond donors (Lipinski definition) is 1. The number of carbonyl (C=O) groups excluding carboxylic acids is 1. The Bertz CT molecular complexity index is 869. The first kappa shape index (κ1) is 14.8. The van der Waals surface area contributed by atoms with E-state index in [0.29, 0.717) is 18.7 Å². The van der Waals surface area contributed by atoms with E-state index in [1.807, 2.05) is 4.90 Å². The summed E-state index contributed by atoms with van der Waals surface area (Å²) in [6, 6.07) is 8.13. The van der Waals surface area contributed by atoms with Crippen molar-refractivity contribution in [3.05, 3.63) is 59.9 Å². The molecule has 24 heavy (non-hydrogen) atoms. The summed E-state index contributed by atoms with van der Waals surface area (Å²) >= 11 is 0. The monoisotopic (exact) mass is 324 g/mol. The van der Waals surface area contributed by atoms with E-state index in [1.165, 1.54) is 12.1 Å². The molecule has 0 radical (unpaired) electrons. The smallest absolute Gasteiger partial charge is 0.255 e. The van der Waals surface area contributed by atoms with E-state index in [4.69, 9.17) is 0 Å². The van der Waals surface area contributed by atoms with Crippen molar-refractivity contribution in [2.45, 2.75) is 18.8 Å². The second-order valence-corrected chi connectivity index (χ2v) is 6.09. The third kappa shape index (κ3) is 2.75. The highest BCUT2D eigenvalue weighted by Gasteiger charge is 2.26. The number of pyridine rings is 1. The van der Waals surface area contributed by atoms with Crippen LogP contribution in [0.4, 0.5) is 4.39 Å². The second kappa shape index (κ2) is 6.03. The van der Waals surface area contributed by atoms with Crippen LogP contribution in [-0.2, 0) is 0 Å². The first-order valence-corrected chi connectivity index (χ1v) is 8.05. The van der Waals surface area contributed by atoms with Crippen LogP contribution >= 0.6 is 0 Å². The Morgan fingerprint density at radius 1 is 1.25 bits per heavy atom. The van der Waals surface area contributed by atoms with Crippen molar-refractivity contribution >= 4 is 16.9 Å². The van der Waals surface area contributed by atoms with Crippen molar-refractivity contribution in [1.29, 1.82) is 0 Å². The van der Waals surface area contributed by atoms with Crippen molar-refractivity contribution in [2.24, 2.45) is 0 Å². The van der Waals surface area contributed by atoms with Gasteiger partial charge in [-0.25, -0.2) is 9.37 Å².